The fourth-order valence-corrected chi connectivity index (χ4v) is 2.97. The molecule has 2 heterocycles. The van der Waals surface area contributed by atoms with E-state index in [4.69, 9.17) is 0 Å². The number of rotatable bonds is 7. The minimum Gasteiger partial charge on any atom is -0.506 e. The molecule has 1 atom stereocenters. The first-order valence-corrected chi connectivity index (χ1v) is 8.69. The fraction of sp³-hybridized carbons (Fsp3) is 0.368. The number of nitrogens with zero attached hydrogens (tertiary/aromatic N) is 2. The number of amides is 1. The summed E-state index contributed by atoms with van der Waals surface area (Å²) < 4.78 is 13.7. The van der Waals surface area contributed by atoms with Crippen molar-refractivity contribution < 1.29 is 14.3 Å². The number of benzene rings is 1. The minimum atomic E-state index is -0.238. The van der Waals surface area contributed by atoms with Crippen molar-refractivity contribution in [1.82, 2.24) is 15.2 Å². The predicted octanol–water partition coefficient (Wildman–Crippen LogP) is 2.04. The number of halogens is 1. The highest BCUT2D eigenvalue weighted by Crippen LogP contribution is 2.17. The van der Waals surface area contributed by atoms with Crippen molar-refractivity contribution in [2.24, 2.45) is 0 Å². The van der Waals surface area contributed by atoms with E-state index in [9.17, 15) is 14.3 Å². The topological polar surface area (TPSA) is 77.5 Å². The van der Waals surface area contributed by atoms with E-state index in [1.54, 1.807) is 30.0 Å². The SMILES string of the molecule is Cc1ccc(CN2CCC(NCCNc3ccc(O)cn3)C2=O)cc1F. The van der Waals surface area contributed by atoms with Gasteiger partial charge in [0.25, 0.3) is 0 Å². The quantitative estimate of drug-likeness (QED) is 0.660. The molecule has 2 aromatic rings. The standard InChI is InChI=1S/C19H23FN4O2/c1-13-2-3-14(10-16(13)20)12-24-9-6-17(19(24)26)21-7-8-22-18-5-4-15(25)11-23-18/h2-5,10-11,17,21,25H,6-9,12H2,1H3,(H,22,23). The van der Waals surface area contributed by atoms with E-state index >= 15 is 0 Å². The number of carbonyl (C=O) groups is 1. The zero-order valence-electron chi connectivity index (χ0n) is 14.7. The lowest BCUT2D eigenvalue weighted by Gasteiger charge is -2.17. The van der Waals surface area contributed by atoms with Crippen LogP contribution in [0.5, 0.6) is 5.75 Å². The number of aryl methyl sites for hydroxylation is 1. The zero-order chi connectivity index (χ0) is 18.5. The molecule has 1 amide bonds. The number of aromatic hydroxyl groups is 1. The molecular weight excluding hydrogens is 335 g/mol. The Labute approximate surface area is 152 Å². The summed E-state index contributed by atoms with van der Waals surface area (Å²) in [6.07, 6.45) is 2.12. The molecule has 1 saturated heterocycles. The van der Waals surface area contributed by atoms with Crippen LogP contribution in [0.25, 0.3) is 0 Å². The van der Waals surface area contributed by atoms with Gasteiger partial charge in [-0.2, -0.15) is 0 Å². The lowest BCUT2D eigenvalue weighted by atomic mass is 10.1. The molecule has 6 nitrogen and oxygen atoms in total. The molecule has 3 rings (SSSR count). The first-order valence-electron chi connectivity index (χ1n) is 8.69. The fourth-order valence-electron chi connectivity index (χ4n) is 2.97. The molecule has 1 aromatic carbocycles. The molecule has 1 aliphatic heterocycles. The maximum Gasteiger partial charge on any atom is 0.240 e. The lowest BCUT2D eigenvalue weighted by Crippen LogP contribution is -2.40. The highest BCUT2D eigenvalue weighted by molar-refractivity contribution is 5.83. The molecule has 0 saturated carbocycles. The highest BCUT2D eigenvalue weighted by Gasteiger charge is 2.30. The van der Waals surface area contributed by atoms with Crippen LogP contribution in [-0.2, 0) is 11.3 Å². The van der Waals surface area contributed by atoms with Crippen molar-refractivity contribution in [2.45, 2.75) is 25.9 Å². The average Bonchev–Trinajstić information content (AvgIpc) is 2.97. The monoisotopic (exact) mass is 358 g/mol. The Hall–Kier alpha value is -2.67. The summed E-state index contributed by atoms with van der Waals surface area (Å²) in [4.78, 5) is 18.3. The number of hydrogen-bond acceptors (Lipinski definition) is 5. The van der Waals surface area contributed by atoms with Gasteiger partial charge in [0.2, 0.25) is 5.91 Å². The van der Waals surface area contributed by atoms with Crippen LogP contribution in [0.3, 0.4) is 0 Å². The van der Waals surface area contributed by atoms with Crippen LogP contribution in [0.15, 0.2) is 36.5 Å². The second-order valence-corrected chi connectivity index (χ2v) is 6.47. The second-order valence-electron chi connectivity index (χ2n) is 6.47. The smallest absolute Gasteiger partial charge is 0.240 e. The van der Waals surface area contributed by atoms with Crippen LogP contribution >= 0.6 is 0 Å². The minimum absolute atomic E-state index is 0.0498. The number of nitrogens with one attached hydrogen (secondary N) is 2. The first kappa shape index (κ1) is 18.1. The second kappa shape index (κ2) is 8.14. The van der Waals surface area contributed by atoms with Gasteiger partial charge < -0.3 is 20.6 Å². The van der Waals surface area contributed by atoms with Gasteiger partial charge in [-0.25, -0.2) is 9.37 Å². The number of likely N-dealkylation sites (tertiary alicyclic amines) is 1. The lowest BCUT2D eigenvalue weighted by molar-refractivity contribution is -0.129. The molecule has 1 fully saturated rings. The molecule has 0 bridgehead atoms. The van der Waals surface area contributed by atoms with Crippen molar-refractivity contribution in [2.75, 3.05) is 25.0 Å². The molecule has 0 aliphatic carbocycles. The van der Waals surface area contributed by atoms with E-state index in [0.717, 1.165) is 12.0 Å². The van der Waals surface area contributed by atoms with Crippen LogP contribution in [0.4, 0.5) is 10.2 Å². The molecule has 26 heavy (non-hydrogen) atoms. The number of anilines is 1. The molecular formula is C19H23FN4O2. The molecule has 1 aromatic heterocycles. The van der Waals surface area contributed by atoms with Gasteiger partial charge in [0.05, 0.1) is 12.2 Å². The van der Waals surface area contributed by atoms with Gasteiger partial charge in [-0.05, 0) is 42.7 Å². The third-order valence-electron chi connectivity index (χ3n) is 4.48. The molecule has 7 heteroatoms. The Morgan fingerprint density at radius 1 is 1.31 bits per heavy atom. The van der Waals surface area contributed by atoms with E-state index in [2.05, 4.69) is 15.6 Å². The van der Waals surface area contributed by atoms with E-state index in [1.807, 2.05) is 6.07 Å². The maximum absolute atomic E-state index is 13.7. The molecule has 138 valence electrons. The predicted molar refractivity (Wildman–Crippen MR) is 97.4 cm³/mol. The number of pyridine rings is 1. The summed E-state index contributed by atoms with van der Waals surface area (Å²) in [5.74, 6) is 0.607. The highest BCUT2D eigenvalue weighted by atomic mass is 19.1. The van der Waals surface area contributed by atoms with Crippen LogP contribution in [-0.4, -0.2) is 46.6 Å². The van der Waals surface area contributed by atoms with Gasteiger partial charge in [-0.15, -0.1) is 0 Å². The van der Waals surface area contributed by atoms with Gasteiger partial charge in [0.1, 0.15) is 17.4 Å². The van der Waals surface area contributed by atoms with E-state index in [-0.39, 0.29) is 23.5 Å². The number of carbonyl (C=O) groups excluding carboxylic acids is 1. The average molecular weight is 358 g/mol. The Morgan fingerprint density at radius 3 is 2.88 bits per heavy atom. The molecule has 3 N–H and O–H groups in total. The van der Waals surface area contributed by atoms with Crippen molar-refractivity contribution in [1.29, 1.82) is 0 Å². The Kier molecular flexibility index (Phi) is 5.68. The molecule has 1 aliphatic rings. The van der Waals surface area contributed by atoms with Crippen molar-refractivity contribution in [3.05, 3.63) is 53.5 Å². The van der Waals surface area contributed by atoms with E-state index in [1.165, 1.54) is 12.3 Å². The Bertz CT molecular complexity index is 767. The largest absolute Gasteiger partial charge is 0.506 e. The third kappa shape index (κ3) is 4.49. The summed E-state index contributed by atoms with van der Waals surface area (Å²) in [5, 5.41) is 15.6. The summed E-state index contributed by atoms with van der Waals surface area (Å²) in [7, 11) is 0. The van der Waals surface area contributed by atoms with Crippen molar-refractivity contribution in [3.63, 3.8) is 0 Å². The van der Waals surface area contributed by atoms with Gasteiger partial charge in [0.15, 0.2) is 0 Å². The van der Waals surface area contributed by atoms with Crippen LogP contribution in [0.2, 0.25) is 0 Å². The summed E-state index contributed by atoms with van der Waals surface area (Å²) in [6, 6.07) is 8.15. The van der Waals surface area contributed by atoms with Crippen molar-refractivity contribution >= 4 is 11.7 Å². The Morgan fingerprint density at radius 2 is 2.15 bits per heavy atom. The molecule has 1 unspecified atom stereocenters. The summed E-state index contributed by atoms with van der Waals surface area (Å²) >= 11 is 0. The van der Waals surface area contributed by atoms with Gasteiger partial charge in [-0.1, -0.05) is 12.1 Å². The summed E-state index contributed by atoms with van der Waals surface area (Å²) in [5.41, 5.74) is 1.42. The van der Waals surface area contributed by atoms with Crippen LogP contribution in [0.1, 0.15) is 17.5 Å². The number of aromatic nitrogens is 1. The zero-order valence-corrected chi connectivity index (χ0v) is 14.7. The van der Waals surface area contributed by atoms with E-state index < -0.39 is 0 Å². The van der Waals surface area contributed by atoms with Crippen LogP contribution in [0, 0.1) is 12.7 Å². The summed E-state index contributed by atoms with van der Waals surface area (Å²) in [6.45, 7) is 4.06. The molecule has 0 radical (unpaired) electrons. The molecule has 0 spiro atoms. The van der Waals surface area contributed by atoms with Gasteiger partial charge in [-0.3, -0.25) is 4.79 Å². The van der Waals surface area contributed by atoms with Gasteiger partial charge in [0, 0.05) is 26.2 Å². The normalized spacial score (nSPS) is 16.9. The Balaban J connectivity index is 1.43. The van der Waals surface area contributed by atoms with Crippen molar-refractivity contribution in [3.8, 4) is 5.75 Å². The van der Waals surface area contributed by atoms with Gasteiger partial charge >= 0.3 is 0 Å². The van der Waals surface area contributed by atoms with Crippen LogP contribution < -0.4 is 10.6 Å². The van der Waals surface area contributed by atoms with E-state index in [0.29, 0.717) is 37.6 Å². The number of hydrogen-bond donors (Lipinski definition) is 3. The first-order chi connectivity index (χ1) is 12.5. The maximum atomic E-state index is 13.7. The third-order valence-corrected chi connectivity index (χ3v) is 4.48.